The van der Waals surface area contributed by atoms with Gasteiger partial charge in [0.15, 0.2) is 0 Å². The van der Waals surface area contributed by atoms with Crippen molar-refractivity contribution < 1.29 is 26.2 Å². The fourth-order valence-electron chi connectivity index (χ4n) is 8.18. The Morgan fingerprint density at radius 3 is 1.93 bits per heavy atom. The van der Waals surface area contributed by atoms with E-state index in [0.29, 0.717) is 11.4 Å². The first-order chi connectivity index (χ1) is 29.1. The van der Waals surface area contributed by atoms with Crippen LogP contribution in [0.1, 0.15) is 48.8 Å². The summed E-state index contributed by atoms with van der Waals surface area (Å²) in [7, 11) is 0. The molecule has 0 bridgehead atoms. The fourth-order valence-corrected chi connectivity index (χ4v) is 8.18. The van der Waals surface area contributed by atoms with Gasteiger partial charge in [0.25, 0.3) is 0 Å². The van der Waals surface area contributed by atoms with Gasteiger partial charge in [0.2, 0.25) is 0 Å². The molecule has 9 aromatic rings. The molecule has 2 heterocycles. The molecule has 0 atom stereocenters. The van der Waals surface area contributed by atoms with Crippen LogP contribution >= 0.6 is 0 Å². The smallest absolute Gasteiger partial charge is 0.141 e. The molecule has 0 amide bonds. The Hall–Kier alpha value is -6.61. The third-order valence-corrected chi connectivity index (χ3v) is 11.3. The number of aliphatic hydroxyl groups is 1. The van der Waals surface area contributed by atoms with Crippen LogP contribution in [0.15, 0.2) is 176 Å². The van der Waals surface area contributed by atoms with Crippen LogP contribution < -0.4 is 0 Å². The molecule has 5 heteroatoms. The minimum atomic E-state index is -0.156. The van der Waals surface area contributed by atoms with Crippen LogP contribution in [0, 0.1) is 19.9 Å². The number of hydrogen-bond acceptors (Lipinski definition) is 3. The van der Waals surface area contributed by atoms with Crippen LogP contribution in [0.5, 0.6) is 0 Å². The van der Waals surface area contributed by atoms with Gasteiger partial charge in [-0.25, -0.2) is 4.98 Å². The van der Waals surface area contributed by atoms with Crippen molar-refractivity contribution in [2.24, 2.45) is 0 Å². The number of para-hydroxylation sites is 1. The zero-order chi connectivity index (χ0) is 41.4. The largest absolute Gasteiger partial charge is 0.507 e. The van der Waals surface area contributed by atoms with Crippen LogP contribution in [0.3, 0.4) is 0 Å². The van der Waals surface area contributed by atoms with Gasteiger partial charge in [-0.3, -0.25) is 9.55 Å². The number of hydrogen-bond donors (Lipinski definition) is 1. The molecular weight excluding hydrogens is 926 g/mol. The van der Waals surface area contributed by atoms with E-state index in [1.54, 1.807) is 6.08 Å². The molecule has 302 valence electrons. The van der Waals surface area contributed by atoms with Crippen molar-refractivity contribution >= 4 is 22.9 Å². The maximum Gasteiger partial charge on any atom is 0.141 e. The number of rotatable bonds is 8. The van der Waals surface area contributed by atoms with Crippen molar-refractivity contribution in [1.29, 1.82) is 0 Å². The predicted octanol–water partition coefficient (Wildman–Crippen LogP) is 14.5. The third kappa shape index (κ3) is 8.29. The molecule has 0 saturated heterocycles. The third-order valence-electron chi connectivity index (χ3n) is 11.3. The van der Waals surface area contributed by atoms with Crippen molar-refractivity contribution in [3.63, 3.8) is 0 Å². The first kappa shape index (κ1) is 41.1. The zero-order valence-electron chi connectivity index (χ0n) is 34.9. The first-order valence-electron chi connectivity index (χ1n) is 20.5. The molecule has 1 N–H and O–H groups in total. The number of pyridine rings is 1. The molecule has 0 aliphatic rings. The van der Waals surface area contributed by atoms with Crippen molar-refractivity contribution in [1.82, 2.24) is 14.5 Å². The first-order valence-corrected chi connectivity index (χ1v) is 20.5. The number of fused-ring (bicyclic) bond motifs is 1. The summed E-state index contributed by atoms with van der Waals surface area (Å²) < 4.78 is 2.18. The number of imidazole rings is 1. The second-order valence-corrected chi connectivity index (χ2v) is 16.5. The van der Waals surface area contributed by atoms with E-state index in [1.807, 2.05) is 48.7 Å². The van der Waals surface area contributed by atoms with Crippen molar-refractivity contribution in [2.45, 2.75) is 40.0 Å². The minimum Gasteiger partial charge on any atom is -0.507 e. The van der Waals surface area contributed by atoms with E-state index < -0.39 is 0 Å². The normalized spacial score (nSPS) is 11.7. The molecule has 0 aliphatic heterocycles. The van der Waals surface area contributed by atoms with Gasteiger partial charge in [-0.05, 0) is 82.5 Å². The van der Waals surface area contributed by atoms with E-state index in [9.17, 15) is 5.11 Å². The minimum absolute atomic E-state index is 0. The topological polar surface area (TPSA) is 50.9 Å². The predicted molar refractivity (Wildman–Crippen MR) is 250 cm³/mol. The molecule has 0 radical (unpaired) electrons. The van der Waals surface area contributed by atoms with Gasteiger partial charge in [0.05, 0.1) is 16.7 Å². The average Bonchev–Trinajstić information content (AvgIpc) is 3.64. The van der Waals surface area contributed by atoms with Crippen LogP contribution in [-0.2, 0) is 26.5 Å². The average molecular weight is 972 g/mol. The molecule has 0 spiro atoms. The maximum atomic E-state index is 11.7. The Morgan fingerprint density at radius 2 is 1.25 bits per heavy atom. The molecule has 9 rings (SSSR count). The van der Waals surface area contributed by atoms with E-state index in [2.05, 4.69) is 173 Å². The summed E-state index contributed by atoms with van der Waals surface area (Å²) in [4.78, 5) is 10.3. The van der Waals surface area contributed by atoms with Gasteiger partial charge in [0.1, 0.15) is 11.6 Å². The number of aryl methyl sites for hydroxylation is 2. The Morgan fingerprint density at radius 1 is 0.607 bits per heavy atom. The molecule has 0 saturated carbocycles. The second kappa shape index (κ2) is 17.2. The fraction of sp³-hybridized carbons (Fsp3) is 0.107. The summed E-state index contributed by atoms with van der Waals surface area (Å²) in [5.74, 6) is 0.743. The van der Waals surface area contributed by atoms with Crippen LogP contribution in [0.2, 0.25) is 0 Å². The molecule has 4 nitrogen and oxygen atoms in total. The van der Waals surface area contributed by atoms with Crippen molar-refractivity contribution in [2.75, 3.05) is 0 Å². The maximum absolute atomic E-state index is 11.7. The van der Waals surface area contributed by atoms with Gasteiger partial charge in [0, 0.05) is 50.2 Å². The summed E-state index contributed by atoms with van der Waals surface area (Å²) in [6.45, 7) is 11.0. The quantitative estimate of drug-likeness (QED) is 0.122. The summed E-state index contributed by atoms with van der Waals surface area (Å²) in [5, 5.41) is 11.7. The number of nitrogens with zero attached hydrogens (tertiary/aromatic N) is 3. The van der Waals surface area contributed by atoms with Crippen LogP contribution in [0.4, 0.5) is 0 Å². The number of aromatic nitrogens is 3. The monoisotopic (exact) mass is 971 g/mol. The Bertz CT molecular complexity index is 3010. The number of aliphatic hydroxyl groups excluding tert-OH is 1. The molecule has 61 heavy (non-hydrogen) atoms. The van der Waals surface area contributed by atoms with Crippen molar-refractivity contribution in [3.05, 3.63) is 210 Å². The molecule has 2 aromatic heterocycles. The second-order valence-electron chi connectivity index (χ2n) is 16.5. The van der Waals surface area contributed by atoms with Gasteiger partial charge in [-0.15, -0.1) is 29.3 Å². The van der Waals surface area contributed by atoms with E-state index in [1.165, 1.54) is 22.3 Å². The van der Waals surface area contributed by atoms with E-state index >= 15 is 0 Å². The Kier molecular flexibility index (Phi) is 11.6. The van der Waals surface area contributed by atoms with Gasteiger partial charge >= 0.3 is 0 Å². The molecule has 0 unspecified atom stereocenters. The van der Waals surface area contributed by atoms with E-state index in [4.69, 9.17) is 9.97 Å². The van der Waals surface area contributed by atoms with Crippen molar-refractivity contribution in [3.8, 4) is 61.5 Å². The summed E-state index contributed by atoms with van der Waals surface area (Å²) >= 11 is 0. The zero-order valence-corrected chi connectivity index (χ0v) is 37.2. The molecule has 7 aromatic carbocycles. The molecule has 0 aliphatic carbocycles. The van der Waals surface area contributed by atoms with Gasteiger partial charge in [-0.1, -0.05) is 165 Å². The Balaban J connectivity index is 0.00000514. The molecule has 0 fully saturated rings. The van der Waals surface area contributed by atoms with Crippen LogP contribution in [0.25, 0.3) is 84.3 Å². The van der Waals surface area contributed by atoms with Crippen LogP contribution in [-0.4, -0.2) is 19.6 Å². The van der Waals surface area contributed by atoms with Gasteiger partial charge in [-0.2, -0.15) is 0 Å². The standard InChI is InChI=1S/C56H46N3O.Pt/c1-37-17-15-18-38(2)54(37)43-29-30-57-49(35-43)45-31-44(32-46(33-45)56(3,4)5)47-25-16-26-51-55(47)58-53(36-52(60)41-23-13-8-14-24-41)59(51)50-28-27-42(39-19-9-6-10-20-39)34-48(50)40-21-11-7-12-22-40;/h6-30,32-36,60H,1-5H3;/q-1;/b52-36-;. The van der Waals surface area contributed by atoms with Gasteiger partial charge < -0.3 is 5.11 Å². The summed E-state index contributed by atoms with van der Waals surface area (Å²) in [5.41, 5.74) is 17.3. The Labute approximate surface area is 373 Å². The molecular formula is C56H46N3OPt-. The SMILES string of the molecule is Cc1cccc(C)c1-c1ccnc(-c2[c-]c(-c3cccc4c3nc(/C=C(\O)c3ccccc3)n4-c3ccc(-c4ccccc4)cc3-c3ccccc3)cc(C(C)(C)C)c2)c1.[Pt]. The van der Waals surface area contributed by atoms with E-state index in [0.717, 1.165) is 66.9 Å². The summed E-state index contributed by atoms with van der Waals surface area (Å²) in [6.07, 6.45) is 3.68. The summed E-state index contributed by atoms with van der Waals surface area (Å²) in [6, 6.07) is 62.5. The number of benzene rings is 7. The van der Waals surface area contributed by atoms with E-state index in [-0.39, 0.29) is 32.2 Å².